The zero-order valence-corrected chi connectivity index (χ0v) is 15.9. The molecule has 0 spiro atoms. The van der Waals surface area contributed by atoms with Crippen molar-refractivity contribution in [2.75, 3.05) is 4.90 Å². The number of fused-ring (bicyclic) bond motifs is 5. The maximum atomic E-state index is 13.0. The third-order valence-corrected chi connectivity index (χ3v) is 6.53. The van der Waals surface area contributed by atoms with Crippen LogP contribution in [0.2, 0.25) is 0 Å². The molecule has 2 aliphatic carbocycles. The Morgan fingerprint density at radius 2 is 1.63 bits per heavy atom. The van der Waals surface area contributed by atoms with Gasteiger partial charge in [-0.05, 0) is 55.4 Å². The van der Waals surface area contributed by atoms with Crippen LogP contribution in [0.25, 0.3) is 0 Å². The van der Waals surface area contributed by atoms with E-state index in [0.29, 0.717) is 17.5 Å². The number of nitro groups is 1. The van der Waals surface area contributed by atoms with Gasteiger partial charge in [-0.1, -0.05) is 6.07 Å². The molecule has 3 aliphatic rings. The Labute approximate surface area is 171 Å². The van der Waals surface area contributed by atoms with Gasteiger partial charge < -0.3 is 4.74 Å². The highest BCUT2D eigenvalue weighted by molar-refractivity contribution is 6.22. The van der Waals surface area contributed by atoms with Crippen molar-refractivity contribution >= 4 is 29.2 Å². The van der Waals surface area contributed by atoms with E-state index in [0.717, 1.165) is 19.3 Å². The third-order valence-electron chi connectivity index (χ3n) is 6.53. The summed E-state index contributed by atoms with van der Waals surface area (Å²) in [4.78, 5) is 49.7. The van der Waals surface area contributed by atoms with Crippen molar-refractivity contribution < 1.29 is 24.0 Å². The molecule has 2 amide bonds. The minimum atomic E-state index is -0.684. The number of rotatable bonds is 4. The van der Waals surface area contributed by atoms with Crippen LogP contribution in [-0.4, -0.2) is 22.7 Å². The Morgan fingerprint density at radius 3 is 2.23 bits per heavy atom. The summed E-state index contributed by atoms with van der Waals surface area (Å²) >= 11 is 0. The Morgan fingerprint density at radius 1 is 1.00 bits per heavy atom. The van der Waals surface area contributed by atoms with Gasteiger partial charge in [0, 0.05) is 18.2 Å². The van der Waals surface area contributed by atoms with Crippen molar-refractivity contribution in [2.45, 2.75) is 19.3 Å². The second-order valence-corrected chi connectivity index (χ2v) is 8.09. The van der Waals surface area contributed by atoms with Gasteiger partial charge >= 0.3 is 5.97 Å². The number of amides is 2. The number of nitrogens with zero attached hydrogens (tertiary/aromatic N) is 2. The van der Waals surface area contributed by atoms with Crippen LogP contribution in [-0.2, 0) is 9.59 Å². The molecule has 5 rings (SSSR count). The fourth-order valence-electron chi connectivity index (χ4n) is 5.23. The van der Waals surface area contributed by atoms with Gasteiger partial charge in [0.2, 0.25) is 11.8 Å². The predicted molar refractivity (Wildman–Crippen MR) is 105 cm³/mol. The number of hydrogen-bond donors (Lipinski definition) is 0. The third kappa shape index (κ3) is 2.79. The van der Waals surface area contributed by atoms with E-state index < -0.39 is 10.9 Å². The number of imide groups is 1. The average molecular weight is 406 g/mol. The van der Waals surface area contributed by atoms with Gasteiger partial charge in [0.15, 0.2) is 0 Å². The number of hydrogen-bond acceptors (Lipinski definition) is 6. The monoisotopic (exact) mass is 406 g/mol. The fraction of sp³-hybridized carbons (Fsp3) is 0.318. The van der Waals surface area contributed by atoms with Crippen LogP contribution in [0.5, 0.6) is 5.75 Å². The molecule has 0 radical (unpaired) electrons. The van der Waals surface area contributed by atoms with Crippen LogP contribution >= 0.6 is 0 Å². The van der Waals surface area contributed by atoms with Crippen molar-refractivity contribution in [1.29, 1.82) is 0 Å². The summed E-state index contributed by atoms with van der Waals surface area (Å²) in [5.74, 6) is -0.654. The Bertz CT molecular complexity index is 1050. The smallest absolute Gasteiger partial charge is 0.343 e. The maximum Gasteiger partial charge on any atom is 0.343 e. The number of carbonyl (C=O) groups is 3. The van der Waals surface area contributed by atoms with E-state index in [-0.39, 0.29) is 40.7 Å². The van der Waals surface area contributed by atoms with Crippen molar-refractivity contribution in [2.24, 2.45) is 23.7 Å². The number of non-ortho nitro benzene ring substituents is 1. The summed E-state index contributed by atoms with van der Waals surface area (Å²) in [6.45, 7) is 0. The zero-order chi connectivity index (χ0) is 21.0. The minimum Gasteiger partial charge on any atom is -0.423 e. The van der Waals surface area contributed by atoms with Crippen molar-refractivity contribution in [3.05, 3.63) is 64.2 Å². The number of esters is 1. The predicted octanol–water partition coefficient (Wildman–Crippen LogP) is 3.35. The first-order valence-electron chi connectivity index (χ1n) is 9.88. The maximum absolute atomic E-state index is 13.0. The summed E-state index contributed by atoms with van der Waals surface area (Å²) in [6, 6.07) is 11.4. The average Bonchev–Trinajstić information content (AvgIpc) is 3.42. The summed E-state index contributed by atoms with van der Waals surface area (Å²) in [6.07, 6.45) is 2.98. The number of benzene rings is 2. The molecule has 152 valence electrons. The highest BCUT2D eigenvalue weighted by Crippen LogP contribution is 2.56. The van der Waals surface area contributed by atoms with Gasteiger partial charge in [0.25, 0.3) is 5.69 Å². The van der Waals surface area contributed by atoms with Crippen molar-refractivity contribution in [1.82, 2.24) is 0 Å². The first kappa shape index (κ1) is 18.5. The Balaban J connectivity index is 1.36. The lowest BCUT2D eigenvalue weighted by Crippen LogP contribution is -2.32. The first-order chi connectivity index (χ1) is 14.4. The molecule has 0 N–H and O–H groups in total. The van der Waals surface area contributed by atoms with E-state index in [4.69, 9.17) is 4.74 Å². The lowest BCUT2D eigenvalue weighted by molar-refractivity contribution is -0.384. The molecule has 8 nitrogen and oxygen atoms in total. The highest BCUT2D eigenvalue weighted by atomic mass is 16.6. The van der Waals surface area contributed by atoms with Crippen LogP contribution in [0.1, 0.15) is 29.6 Å². The van der Waals surface area contributed by atoms with Gasteiger partial charge in [0.05, 0.1) is 28.0 Å². The second kappa shape index (κ2) is 6.76. The number of carbonyl (C=O) groups excluding carboxylic acids is 3. The molecular formula is C22H18N2O6. The molecule has 2 aromatic carbocycles. The number of anilines is 1. The molecule has 2 bridgehead atoms. The number of nitro benzene ring substituents is 1. The second-order valence-electron chi connectivity index (χ2n) is 8.09. The van der Waals surface area contributed by atoms with E-state index in [1.807, 2.05) is 0 Å². The quantitative estimate of drug-likeness (QED) is 0.253. The van der Waals surface area contributed by atoms with Crippen LogP contribution in [0.4, 0.5) is 11.4 Å². The molecule has 2 saturated carbocycles. The largest absolute Gasteiger partial charge is 0.423 e. The molecule has 4 unspecified atom stereocenters. The first-order valence-corrected chi connectivity index (χ1v) is 9.88. The summed E-state index contributed by atoms with van der Waals surface area (Å²) in [5, 5.41) is 10.7. The van der Waals surface area contributed by atoms with Gasteiger partial charge in [-0.2, -0.15) is 0 Å². The molecule has 0 aromatic heterocycles. The molecule has 1 heterocycles. The van der Waals surface area contributed by atoms with Gasteiger partial charge in [-0.15, -0.1) is 0 Å². The molecule has 3 fully saturated rings. The van der Waals surface area contributed by atoms with Crippen LogP contribution in [0.15, 0.2) is 48.5 Å². The van der Waals surface area contributed by atoms with Gasteiger partial charge in [-0.3, -0.25) is 19.7 Å². The van der Waals surface area contributed by atoms with Gasteiger partial charge in [-0.25, -0.2) is 9.69 Å². The molecule has 1 aliphatic heterocycles. The SMILES string of the molecule is O=C(Oc1cccc(N2C(=O)C3C4CCC(C4)C3C2=O)c1)c1ccc([N+](=O)[O-])cc1. The van der Waals surface area contributed by atoms with Crippen LogP contribution < -0.4 is 9.64 Å². The summed E-state index contributed by atoms with van der Waals surface area (Å²) < 4.78 is 5.36. The standard InChI is InChI=1S/C22H18N2O6/c25-20-18-13-4-5-14(10-13)19(18)21(26)23(20)16-2-1-3-17(11-16)30-22(27)12-6-8-15(9-7-12)24(28)29/h1-3,6-9,11,13-14,18-19H,4-5,10H2. The zero-order valence-electron chi connectivity index (χ0n) is 15.9. The normalized spacial score (nSPS) is 26.7. The van der Waals surface area contributed by atoms with E-state index in [9.17, 15) is 24.5 Å². The summed E-state index contributed by atoms with van der Waals surface area (Å²) in [5.41, 5.74) is 0.428. The van der Waals surface area contributed by atoms with Crippen LogP contribution in [0.3, 0.4) is 0 Å². The Kier molecular flexibility index (Phi) is 4.16. The van der Waals surface area contributed by atoms with Gasteiger partial charge in [0.1, 0.15) is 5.75 Å². The minimum absolute atomic E-state index is 0.126. The lowest BCUT2D eigenvalue weighted by Gasteiger charge is -2.19. The molecule has 1 saturated heterocycles. The molecular weight excluding hydrogens is 388 g/mol. The summed E-state index contributed by atoms with van der Waals surface area (Å²) in [7, 11) is 0. The molecule has 4 atom stereocenters. The molecule has 30 heavy (non-hydrogen) atoms. The van der Waals surface area contributed by atoms with E-state index in [1.54, 1.807) is 18.2 Å². The van der Waals surface area contributed by atoms with Crippen molar-refractivity contribution in [3.8, 4) is 5.75 Å². The van der Waals surface area contributed by atoms with Crippen LogP contribution in [0, 0.1) is 33.8 Å². The highest BCUT2D eigenvalue weighted by Gasteiger charge is 2.61. The topological polar surface area (TPSA) is 107 Å². The van der Waals surface area contributed by atoms with E-state index in [2.05, 4.69) is 0 Å². The lowest BCUT2D eigenvalue weighted by atomic mass is 9.81. The molecule has 8 heteroatoms. The van der Waals surface area contributed by atoms with E-state index >= 15 is 0 Å². The Hall–Kier alpha value is -3.55. The molecule has 2 aromatic rings. The van der Waals surface area contributed by atoms with Crippen molar-refractivity contribution in [3.63, 3.8) is 0 Å². The number of ether oxygens (including phenoxy) is 1. The van der Waals surface area contributed by atoms with E-state index in [1.165, 1.54) is 35.2 Å². The fourth-order valence-corrected chi connectivity index (χ4v) is 5.23.